The number of rotatable bonds is 4. The van der Waals surface area contributed by atoms with Crippen molar-refractivity contribution in [1.29, 1.82) is 10.5 Å². The average Bonchev–Trinajstić information content (AvgIpc) is 3.70. The zero-order chi connectivity index (χ0) is 33.8. The van der Waals surface area contributed by atoms with E-state index in [1.807, 2.05) is 72.8 Å². The van der Waals surface area contributed by atoms with E-state index in [-0.39, 0.29) is 0 Å². The molecule has 7 aromatic carbocycles. The van der Waals surface area contributed by atoms with E-state index in [0.717, 1.165) is 66.5 Å². The average molecular weight is 636 g/mol. The van der Waals surface area contributed by atoms with Gasteiger partial charge in [0.2, 0.25) is 0 Å². The van der Waals surface area contributed by atoms with Gasteiger partial charge in [0, 0.05) is 27.4 Å². The molecule has 0 radical (unpaired) electrons. The van der Waals surface area contributed by atoms with E-state index in [2.05, 4.69) is 105 Å². The Hall–Kier alpha value is -7.39. The quantitative estimate of drug-likeness (QED) is 0.181. The fourth-order valence-corrected chi connectivity index (χ4v) is 7.34. The molecule has 0 aliphatic heterocycles. The van der Waals surface area contributed by atoms with Gasteiger partial charge in [-0.2, -0.15) is 10.5 Å². The predicted molar refractivity (Wildman–Crippen MR) is 202 cm³/mol. The highest BCUT2D eigenvalue weighted by atomic mass is 15.0. The first-order chi connectivity index (χ1) is 24.6. The number of nitriles is 2. The van der Waals surface area contributed by atoms with Crippen LogP contribution in [-0.4, -0.2) is 9.13 Å². The number of aromatic nitrogens is 2. The first-order valence-electron chi connectivity index (χ1n) is 16.2. The van der Waals surface area contributed by atoms with Gasteiger partial charge < -0.3 is 9.13 Å². The summed E-state index contributed by atoms with van der Waals surface area (Å²) in [6.45, 7) is 7.57. The van der Waals surface area contributed by atoms with Gasteiger partial charge in [0.25, 0.3) is 0 Å². The minimum atomic E-state index is 0.571. The van der Waals surface area contributed by atoms with E-state index in [9.17, 15) is 10.5 Å². The maximum atomic E-state index is 10.1. The monoisotopic (exact) mass is 635 g/mol. The van der Waals surface area contributed by atoms with Crippen LogP contribution in [0.15, 0.2) is 152 Å². The van der Waals surface area contributed by atoms with Gasteiger partial charge in [-0.05, 0) is 88.8 Å². The van der Waals surface area contributed by atoms with Crippen LogP contribution in [-0.2, 0) is 0 Å². The smallest absolute Gasteiger partial charge is 0.188 e. The molecule has 5 heteroatoms. The molecule has 0 atom stereocenters. The summed E-state index contributed by atoms with van der Waals surface area (Å²) in [6.07, 6.45) is 0. The molecule has 230 valence electrons. The number of para-hydroxylation sites is 3. The molecule has 0 bridgehead atoms. The van der Waals surface area contributed by atoms with E-state index in [0.29, 0.717) is 16.8 Å². The van der Waals surface area contributed by atoms with Gasteiger partial charge in [-0.15, -0.1) is 0 Å². The lowest BCUT2D eigenvalue weighted by molar-refractivity contribution is 1.18. The lowest BCUT2D eigenvalue weighted by Gasteiger charge is -2.15. The molecule has 0 saturated carbocycles. The van der Waals surface area contributed by atoms with Crippen LogP contribution in [0.25, 0.3) is 82.1 Å². The molecule has 0 aliphatic rings. The van der Waals surface area contributed by atoms with Crippen molar-refractivity contribution in [3.8, 4) is 45.8 Å². The molecule has 5 nitrogen and oxygen atoms in total. The summed E-state index contributed by atoms with van der Waals surface area (Å²) in [6, 6.07) is 55.6. The minimum absolute atomic E-state index is 0.571. The summed E-state index contributed by atoms with van der Waals surface area (Å²) < 4.78 is 4.45. The third-order valence-corrected chi connectivity index (χ3v) is 9.57. The van der Waals surface area contributed by atoms with Crippen LogP contribution in [0.2, 0.25) is 0 Å². The summed E-state index contributed by atoms with van der Waals surface area (Å²) in [4.78, 5) is 3.67. The molecule has 0 saturated heterocycles. The van der Waals surface area contributed by atoms with Gasteiger partial charge >= 0.3 is 0 Å². The van der Waals surface area contributed by atoms with Crippen LogP contribution in [0, 0.1) is 29.2 Å². The number of hydrogen-bond donors (Lipinski definition) is 0. The number of nitrogens with zero attached hydrogens (tertiary/aromatic N) is 5. The van der Waals surface area contributed by atoms with E-state index in [1.165, 1.54) is 10.8 Å². The molecule has 0 aliphatic carbocycles. The Labute approximate surface area is 288 Å². The summed E-state index contributed by atoms with van der Waals surface area (Å²) in [5.74, 6) is 0. The van der Waals surface area contributed by atoms with Gasteiger partial charge in [-0.1, -0.05) is 84.9 Å². The van der Waals surface area contributed by atoms with Crippen LogP contribution >= 0.6 is 0 Å². The van der Waals surface area contributed by atoms with E-state index in [4.69, 9.17) is 6.57 Å². The van der Waals surface area contributed by atoms with Crippen molar-refractivity contribution < 1.29 is 0 Å². The molecule has 2 aromatic heterocycles. The molecular formula is C45H25N5. The van der Waals surface area contributed by atoms with Gasteiger partial charge in [0.15, 0.2) is 5.69 Å². The molecule has 9 aromatic rings. The molecule has 9 rings (SSSR count). The lowest BCUT2D eigenvalue weighted by Crippen LogP contribution is -1.98. The maximum Gasteiger partial charge on any atom is 0.188 e. The van der Waals surface area contributed by atoms with Crippen LogP contribution in [0.3, 0.4) is 0 Å². The van der Waals surface area contributed by atoms with Crippen molar-refractivity contribution >= 4 is 49.3 Å². The predicted octanol–water partition coefficient (Wildman–Crippen LogP) is 11.5. The summed E-state index contributed by atoms with van der Waals surface area (Å²) in [5.41, 5.74) is 11.6. The van der Waals surface area contributed by atoms with Gasteiger partial charge in [-0.25, -0.2) is 4.85 Å². The Morgan fingerprint density at radius 1 is 0.460 bits per heavy atom. The number of benzene rings is 7. The Balaban J connectivity index is 1.20. The van der Waals surface area contributed by atoms with Gasteiger partial charge in [0.1, 0.15) is 0 Å². The fraction of sp³-hybridized carbons (Fsp3) is 0. The summed E-state index contributed by atoms with van der Waals surface area (Å²) in [7, 11) is 0. The summed E-state index contributed by atoms with van der Waals surface area (Å²) in [5, 5.41) is 24.4. The molecule has 2 heterocycles. The summed E-state index contributed by atoms with van der Waals surface area (Å²) >= 11 is 0. The van der Waals surface area contributed by atoms with Crippen LogP contribution < -0.4 is 0 Å². The van der Waals surface area contributed by atoms with Crippen molar-refractivity contribution in [2.24, 2.45) is 0 Å². The van der Waals surface area contributed by atoms with Crippen molar-refractivity contribution in [2.75, 3.05) is 0 Å². The number of fused-ring (bicyclic) bond motifs is 6. The third kappa shape index (κ3) is 4.45. The van der Waals surface area contributed by atoms with E-state index in [1.54, 1.807) is 0 Å². The zero-order valence-electron chi connectivity index (χ0n) is 26.7. The second-order valence-corrected chi connectivity index (χ2v) is 12.3. The zero-order valence-corrected chi connectivity index (χ0v) is 26.7. The largest absolute Gasteiger partial charge is 0.309 e. The Morgan fingerprint density at radius 3 is 1.68 bits per heavy atom. The first kappa shape index (κ1) is 28.8. The van der Waals surface area contributed by atoms with Crippen LogP contribution in [0.4, 0.5) is 5.69 Å². The Kier molecular flexibility index (Phi) is 6.56. The molecule has 50 heavy (non-hydrogen) atoms. The highest BCUT2D eigenvalue weighted by Gasteiger charge is 2.18. The van der Waals surface area contributed by atoms with Gasteiger partial charge in [0.05, 0.1) is 57.6 Å². The van der Waals surface area contributed by atoms with E-state index >= 15 is 0 Å². The Bertz CT molecular complexity index is 2900. The molecule has 0 fully saturated rings. The maximum absolute atomic E-state index is 10.1. The molecular weight excluding hydrogens is 611 g/mol. The van der Waals surface area contributed by atoms with Gasteiger partial charge in [-0.3, -0.25) is 0 Å². The van der Waals surface area contributed by atoms with Crippen molar-refractivity contribution in [1.82, 2.24) is 9.13 Å². The van der Waals surface area contributed by atoms with Crippen molar-refractivity contribution in [3.63, 3.8) is 0 Å². The Morgan fingerprint density at radius 2 is 1.04 bits per heavy atom. The molecule has 0 N–H and O–H groups in total. The lowest BCUT2D eigenvalue weighted by atomic mass is 9.96. The van der Waals surface area contributed by atoms with E-state index < -0.39 is 0 Å². The second kappa shape index (κ2) is 11.4. The van der Waals surface area contributed by atoms with Crippen molar-refractivity contribution in [2.45, 2.75) is 0 Å². The fourth-order valence-electron chi connectivity index (χ4n) is 7.34. The van der Waals surface area contributed by atoms with Crippen LogP contribution in [0.5, 0.6) is 0 Å². The number of hydrogen-bond acceptors (Lipinski definition) is 2. The standard InChI is InChI=1S/C45H25N5/c1-48-34-19-21-45-40(26-34)38-10-4-7-13-43(38)50(45)44-20-14-29(27-46)24-39(44)32-17-15-31(16-18-32)33-22-30(28-47)23-35(25-33)49-41-11-5-2-8-36(41)37-9-3-6-12-42(37)49/h2-26H. The third-order valence-electron chi connectivity index (χ3n) is 9.57. The molecule has 0 unspecified atom stereocenters. The van der Waals surface area contributed by atoms with Crippen molar-refractivity contribution in [3.05, 3.63) is 174 Å². The molecule has 0 spiro atoms. The topological polar surface area (TPSA) is 61.8 Å². The normalized spacial score (nSPS) is 11.1. The highest BCUT2D eigenvalue weighted by Crippen LogP contribution is 2.39. The minimum Gasteiger partial charge on any atom is -0.309 e. The second-order valence-electron chi connectivity index (χ2n) is 12.3. The molecule has 0 amide bonds. The highest BCUT2D eigenvalue weighted by molar-refractivity contribution is 6.11. The first-order valence-corrected chi connectivity index (χ1v) is 16.2. The SMILES string of the molecule is [C-]#[N+]c1ccc2c(c1)c1ccccc1n2-c1ccc(C#N)cc1-c1ccc(-c2cc(C#N)cc(-n3c4ccccc4c4ccccc43)c2)cc1. The van der Waals surface area contributed by atoms with Crippen LogP contribution in [0.1, 0.15) is 11.1 Å².